The third-order valence-corrected chi connectivity index (χ3v) is 4.23. The van der Waals surface area contributed by atoms with Gasteiger partial charge in [0.05, 0.1) is 24.0 Å². The number of hydrogen-bond acceptors (Lipinski definition) is 3. The second kappa shape index (κ2) is 2.43. The second-order valence-electron chi connectivity index (χ2n) is 5.12. The molecule has 4 heteroatoms. The maximum Gasteiger partial charge on any atom is 0.236 e. The summed E-state index contributed by atoms with van der Waals surface area (Å²) < 4.78 is 5.66. The highest BCUT2D eigenvalue weighted by molar-refractivity contribution is 6.06. The van der Waals surface area contributed by atoms with Gasteiger partial charge in [-0.05, 0) is 25.7 Å². The van der Waals surface area contributed by atoms with Gasteiger partial charge in [-0.1, -0.05) is 0 Å². The van der Waals surface area contributed by atoms with Crippen LogP contribution in [0, 0.1) is 11.8 Å². The third kappa shape index (κ3) is 0.869. The lowest BCUT2D eigenvalue weighted by atomic mass is 9.81. The Morgan fingerprint density at radius 3 is 1.93 bits per heavy atom. The summed E-state index contributed by atoms with van der Waals surface area (Å²) in [7, 11) is 0. The topological polar surface area (TPSA) is 46.6 Å². The normalized spacial score (nSPS) is 47.9. The van der Waals surface area contributed by atoms with Gasteiger partial charge >= 0.3 is 0 Å². The number of rotatable bonds is 1. The van der Waals surface area contributed by atoms with Crippen LogP contribution in [0.2, 0.25) is 0 Å². The van der Waals surface area contributed by atoms with E-state index in [1.165, 1.54) is 0 Å². The molecule has 2 amide bonds. The number of ether oxygens (including phenoxy) is 1. The number of fused-ring (bicyclic) bond motifs is 5. The van der Waals surface area contributed by atoms with Crippen LogP contribution in [0.15, 0.2) is 0 Å². The minimum absolute atomic E-state index is 0.0419. The highest BCUT2D eigenvalue weighted by atomic mass is 16.5. The van der Waals surface area contributed by atoms with Gasteiger partial charge in [0, 0.05) is 6.04 Å². The summed E-state index contributed by atoms with van der Waals surface area (Å²) in [4.78, 5) is 25.7. The Balaban J connectivity index is 1.74. The van der Waals surface area contributed by atoms with Crippen LogP contribution >= 0.6 is 0 Å². The second-order valence-corrected chi connectivity index (χ2v) is 5.12. The lowest BCUT2D eigenvalue weighted by molar-refractivity contribution is -0.143. The first kappa shape index (κ1) is 8.28. The van der Waals surface area contributed by atoms with Gasteiger partial charge in [0.15, 0.2) is 0 Å². The molecule has 80 valence electrons. The van der Waals surface area contributed by atoms with Crippen LogP contribution in [0.1, 0.15) is 25.7 Å². The number of amides is 2. The summed E-state index contributed by atoms with van der Waals surface area (Å²) in [6.45, 7) is 0. The largest absolute Gasteiger partial charge is 0.373 e. The molecule has 3 heterocycles. The highest BCUT2D eigenvalue weighted by Gasteiger charge is 2.64. The predicted molar refractivity (Wildman–Crippen MR) is 49.8 cm³/mol. The zero-order valence-electron chi connectivity index (χ0n) is 8.39. The van der Waals surface area contributed by atoms with Gasteiger partial charge in [-0.15, -0.1) is 0 Å². The molecule has 2 bridgehead atoms. The van der Waals surface area contributed by atoms with E-state index >= 15 is 0 Å². The van der Waals surface area contributed by atoms with Gasteiger partial charge in [-0.25, -0.2) is 0 Å². The molecule has 1 saturated carbocycles. The van der Waals surface area contributed by atoms with Crippen molar-refractivity contribution in [3.8, 4) is 0 Å². The van der Waals surface area contributed by atoms with Crippen LogP contribution < -0.4 is 0 Å². The minimum atomic E-state index is -0.128. The molecule has 0 aromatic rings. The van der Waals surface area contributed by atoms with Crippen LogP contribution in [0.4, 0.5) is 0 Å². The molecule has 4 atom stereocenters. The van der Waals surface area contributed by atoms with Crippen molar-refractivity contribution in [3.05, 3.63) is 0 Å². The molecule has 0 spiro atoms. The molecule has 0 N–H and O–H groups in total. The smallest absolute Gasteiger partial charge is 0.236 e. The average molecular weight is 207 g/mol. The van der Waals surface area contributed by atoms with Crippen molar-refractivity contribution in [2.24, 2.45) is 11.8 Å². The summed E-state index contributed by atoms with van der Waals surface area (Å²) in [5.41, 5.74) is 0. The summed E-state index contributed by atoms with van der Waals surface area (Å²) >= 11 is 0. The molecule has 15 heavy (non-hydrogen) atoms. The zero-order valence-corrected chi connectivity index (χ0v) is 8.39. The van der Waals surface area contributed by atoms with E-state index in [4.69, 9.17) is 4.74 Å². The number of likely N-dealkylation sites (tertiary alicyclic amines) is 1. The maximum absolute atomic E-state index is 12.1. The fourth-order valence-corrected chi connectivity index (χ4v) is 3.43. The van der Waals surface area contributed by atoms with Crippen molar-refractivity contribution in [1.29, 1.82) is 0 Å². The Morgan fingerprint density at radius 2 is 1.47 bits per heavy atom. The lowest BCUT2D eigenvalue weighted by Crippen LogP contribution is -2.35. The van der Waals surface area contributed by atoms with E-state index in [1.807, 2.05) is 0 Å². The Labute approximate surface area is 87.6 Å². The Bertz CT molecular complexity index is 335. The first-order chi connectivity index (χ1) is 7.27. The number of carbonyl (C=O) groups is 2. The Hall–Kier alpha value is -0.900. The van der Waals surface area contributed by atoms with E-state index < -0.39 is 0 Å². The molecule has 0 aromatic heterocycles. The molecule has 4 fully saturated rings. The van der Waals surface area contributed by atoms with E-state index in [1.54, 1.807) is 4.90 Å². The summed E-state index contributed by atoms with van der Waals surface area (Å²) in [5.74, 6) is -0.145. The number of carbonyl (C=O) groups excluding carboxylic acids is 2. The van der Waals surface area contributed by atoms with E-state index in [-0.39, 0.29) is 41.9 Å². The molecule has 0 radical (unpaired) electrons. The molecule has 0 aromatic carbocycles. The number of imide groups is 1. The monoisotopic (exact) mass is 207 g/mol. The maximum atomic E-state index is 12.1. The first-order valence-electron chi connectivity index (χ1n) is 5.80. The van der Waals surface area contributed by atoms with E-state index in [2.05, 4.69) is 0 Å². The summed E-state index contributed by atoms with van der Waals surface area (Å²) in [6, 6.07) is 0.231. The molecule has 1 aliphatic carbocycles. The van der Waals surface area contributed by atoms with Gasteiger partial charge in [0.25, 0.3) is 0 Å². The van der Waals surface area contributed by atoms with Crippen molar-refractivity contribution in [2.45, 2.75) is 43.9 Å². The van der Waals surface area contributed by atoms with Crippen LogP contribution in [0.25, 0.3) is 0 Å². The molecule has 0 unspecified atom stereocenters. The molecular formula is C11H13NO3. The van der Waals surface area contributed by atoms with E-state index in [0.717, 1.165) is 25.7 Å². The van der Waals surface area contributed by atoms with Crippen molar-refractivity contribution < 1.29 is 14.3 Å². The standard InChI is InChI=1S/C11H13NO3/c13-10-8-6-3-4-7(15-6)9(8)11(14)12(10)5-1-2-5/h5-9H,1-4H2/t6-,7+,8-,9+. The summed E-state index contributed by atoms with van der Waals surface area (Å²) in [6.07, 6.45) is 4.02. The number of nitrogens with zero attached hydrogens (tertiary/aromatic N) is 1. The fraction of sp³-hybridized carbons (Fsp3) is 0.818. The Morgan fingerprint density at radius 1 is 0.933 bits per heavy atom. The Kier molecular flexibility index (Phi) is 1.34. The third-order valence-electron chi connectivity index (χ3n) is 4.23. The van der Waals surface area contributed by atoms with Crippen molar-refractivity contribution in [2.75, 3.05) is 0 Å². The molecular weight excluding hydrogens is 194 g/mol. The molecule has 3 saturated heterocycles. The van der Waals surface area contributed by atoms with Crippen molar-refractivity contribution in [1.82, 2.24) is 4.90 Å². The van der Waals surface area contributed by atoms with E-state index in [0.29, 0.717) is 0 Å². The van der Waals surface area contributed by atoms with Crippen LogP contribution in [-0.2, 0) is 14.3 Å². The lowest BCUT2D eigenvalue weighted by Gasteiger charge is -2.16. The van der Waals surface area contributed by atoms with Crippen molar-refractivity contribution >= 4 is 11.8 Å². The zero-order chi connectivity index (χ0) is 10.2. The molecule has 4 rings (SSSR count). The minimum Gasteiger partial charge on any atom is -0.373 e. The molecule has 4 nitrogen and oxygen atoms in total. The SMILES string of the molecule is O=C1[C@@H]2[C@H](C(=O)N1C1CC1)[C@H]1CC[C@@H]2O1. The van der Waals surface area contributed by atoms with Gasteiger partial charge in [0.2, 0.25) is 11.8 Å². The predicted octanol–water partition coefficient (Wildman–Crippen LogP) is 0.311. The number of hydrogen-bond donors (Lipinski definition) is 0. The average Bonchev–Trinajstić information content (AvgIpc) is 2.75. The van der Waals surface area contributed by atoms with E-state index in [9.17, 15) is 9.59 Å². The van der Waals surface area contributed by atoms with Crippen molar-refractivity contribution in [3.63, 3.8) is 0 Å². The fourth-order valence-electron chi connectivity index (χ4n) is 3.43. The van der Waals surface area contributed by atoms with Gasteiger partial charge < -0.3 is 4.74 Å². The molecule has 3 aliphatic heterocycles. The first-order valence-corrected chi connectivity index (χ1v) is 5.80. The van der Waals surface area contributed by atoms with Crippen LogP contribution in [-0.4, -0.2) is 35.0 Å². The van der Waals surface area contributed by atoms with Gasteiger partial charge in [0.1, 0.15) is 0 Å². The summed E-state index contributed by atoms with van der Waals surface area (Å²) in [5, 5.41) is 0. The van der Waals surface area contributed by atoms with Gasteiger partial charge in [-0.3, -0.25) is 14.5 Å². The molecule has 4 aliphatic rings. The quantitative estimate of drug-likeness (QED) is 0.581. The van der Waals surface area contributed by atoms with Gasteiger partial charge in [-0.2, -0.15) is 0 Å². The van der Waals surface area contributed by atoms with Crippen LogP contribution in [0.5, 0.6) is 0 Å². The highest BCUT2D eigenvalue weighted by Crippen LogP contribution is 2.50. The van der Waals surface area contributed by atoms with Crippen LogP contribution in [0.3, 0.4) is 0 Å².